The molecule has 1 aliphatic carbocycles. The van der Waals surface area contributed by atoms with Gasteiger partial charge in [0.05, 0.1) is 23.8 Å². The number of carbonyl (C=O) groups is 1. The van der Waals surface area contributed by atoms with Gasteiger partial charge in [-0.05, 0) is 49.1 Å². The van der Waals surface area contributed by atoms with Gasteiger partial charge in [0.15, 0.2) is 16.6 Å². The van der Waals surface area contributed by atoms with Crippen LogP contribution in [0.2, 0.25) is 5.02 Å². The van der Waals surface area contributed by atoms with E-state index in [-0.39, 0.29) is 31.4 Å². The van der Waals surface area contributed by atoms with Gasteiger partial charge >= 0.3 is 0 Å². The van der Waals surface area contributed by atoms with Crippen molar-refractivity contribution >= 4 is 34.0 Å². The smallest absolute Gasteiger partial charge is 0.236 e. The first kappa shape index (κ1) is 22.2. The Morgan fingerprint density at radius 2 is 2.03 bits per heavy atom. The summed E-state index contributed by atoms with van der Waals surface area (Å²) < 4.78 is 10.9. The van der Waals surface area contributed by atoms with E-state index in [1.165, 1.54) is 11.3 Å². The molecule has 2 atom stereocenters. The van der Waals surface area contributed by atoms with Crippen molar-refractivity contribution in [3.8, 4) is 11.5 Å². The van der Waals surface area contributed by atoms with Crippen LogP contribution in [0, 0.1) is 0 Å². The van der Waals surface area contributed by atoms with Crippen LogP contribution < -0.4 is 20.1 Å². The minimum absolute atomic E-state index is 0.0211. The molecule has 5 rings (SSSR count). The third-order valence-electron chi connectivity index (χ3n) is 6.09. The average Bonchev–Trinajstić information content (AvgIpc) is 3.28. The lowest BCUT2D eigenvalue weighted by atomic mass is 9.94. The van der Waals surface area contributed by atoms with Gasteiger partial charge in [0.25, 0.3) is 0 Å². The van der Waals surface area contributed by atoms with Crippen LogP contribution in [-0.4, -0.2) is 35.4 Å². The van der Waals surface area contributed by atoms with Gasteiger partial charge in [-0.25, -0.2) is 4.98 Å². The van der Waals surface area contributed by atoms with Crippen molar-refractivity contribution in [2.75, 3.05) is 18.7 Å². The van der Waals surface area contributed by atoms with Crippen LogP contribution in [0.5, 0.6) is 11.5 Å². The molecule has 0 radical (unpaired) electrons. The standard InChI is InChI=1S/C24H24ClN3O4S/c1-14(11-29)26-21(16-4-2-3-5-17(16)25)18-12-33-23(27-18)28-22(30)24(8-9-24)15-6-7-19-20(10-15)32-13-31-19/h2-7,10,12,14,21,26,29H,8-9,11,13H2,1H3,(H,27,28,30)/t14-,21?/m0/s1. The number of halogens is 1. The van der Waals surface area contributed by atoms with Crippen molar-refractivity contribution in [1.82, 2.24) is 10.3 Å². The lowest BCUT2D eigenvalue weighted by molar-refractivity contribution is -0.118. The van der Waals surface area contributed by atoms with Crippen LogP contribution in [0.15, 0.2) is 47.8 Å². The maximum atomic E-state index is 13.2. The molecule has 3 aromatic rings. The van der Waals surface area contributed by atoms with Gasteiger partial charge < -0.3 is 25.2 Å². The van der Waals surface area contributed by atoms with E-state index in [0.29, 0.717) is 21.7 Å². The van der Waals surface area contributed by atoms with Gasteiger partial charge in [-0.2, -0.15) is 0 Å². The lowest BCUT2D eigenvalue weighted by Gasteiger charge is -2.22. The summed E-state index contributed by atoms with van der Waals surface area (Å²) in [6.07, 6.45) is 1.54. The third kappa shape index (κ3) is 4.31. The van der Waals surface area contributed by atoms with Crippen LogP contribution in [0.25, 0.3) is 0 Å². The molecule has 1 amide bonds. The fourth-order valence-corrected chi connectivity index (χ4v) is 5.02. The van der Waals surface area contributed by atoms with Gasteiger partial charge in [0.2, 0.25) is 12.7 Å². The largest absolute Gasteiger partial charge is 0.454 e. The number of thiazole rings is 1. The predicted octanol–water partition coefficient (Wildman–Crippen LogP) is 4.26. The lowest BCUT2D eigenvalue weighted by Crippen LogP contribution is -2.34. The second-order valence-electron chi connectivity index (χ2n) is 8.39. The van der Waals surface area contributed by atoms with E-state index >= 15 is 0 Å². The fraction of sp³-hybridized carbons (Fsp3) is 0.333. The maximum Gasteiger partial charge on any atom is 0.236 e. The van der Waals surface area contributed by atoms with Gasteiger partial charge in [0.1, 0.15) is 0 Å². The second kappa shape index (κ2) is 8.95. The maximum absolute atomic E-state index is 13.2. The zero-order valence-corrected chi connectivity index (χ0v) is 19.6. The number of aliphatic hydroxyl groups excluding tert-OH is 1. The number of hydrogen-bond donors (Lipinski definition) is 3. The van der Waals surface area contributed by atoms with E-state index in [1.807, 2.05) is 54.8 Å². The van der Waals surface area contributed by atoms with Crippen LogP contribution in [0.4, 0.5) is 5.13 Å². The Morgan fingerprint density at radius 3 is 2.79 bits per heavy atom. The van der Waals surface area contributed by atoms with Gasteiger partial charge in [-0.1, -0.05) is 35.9 Å². The van der Waals surface area contributed by atoms with E-state index in [2.05, 4.69) is 15.6 Å². The van der Waals surface area contributed by atoms with Gasteiger partial charge in [-0.15, -0.1) is 11.3 Å². The molecular weight excluding hydrogens is 462 g/mol. The molecule has 2 heterocycles. The number of nitrogens with zero attached hydrogens (tertiary/aromatic N) is 1. The summed E-state index contributed by atoms with van der Waals surface area (Å²) in [4.78, 5) is 17.9. The van der Waals surface area contributed by atoms with Crippen LogP contribution in [0.3, 0.4) is 0 Å². The Bertz CT molecular complexity index is 1180. The molecular formula is C24H24ClN3O4S. The van der Waals surface area contributed by atoms with Crippen molar-refractivity contribution < 1.29 is 19.4 Å². The molecule has 1 unspecified atom stereocenters. The molecule has 33 heavy (non-hydrogen) atoms. The number of aliphatic hydroxyl groups is 1. The van der Waals surface area contributed by atoms with Crippen molar-refractivity contribution in [1.29, 1.82) is 0 Å². The molecule has 1 aromatic heterocycles. The number of amides is 1. The van der Waals surface area contributed by atoms with Crippen molar-refractivity contribution in [2.45, 2.75) is 37.3 Å². The molecule has 1 aliphatic heterocycles. The van der Waals surface area contributed by atoms with E-state index in [1.54, 1.807) is 0 Å². The summed E-state index contributed by atoms with van der Waals surface area (Å²) >= 11 is 7.81. The highest BCUT2D eigenvalue weighted by Gasteiger charge is 2.52. The molecule has 0 bridgehead atoms. The highest BCUT2D eigenvalue weighted by molar-refractivity contribution is 7.14. The van der Waals surface area contributed by atoms with E-state index in [0.717, 1.165) is 29.7 Å². The number of aromatic nitrogens is 1. The highest BCUT2D eigenvalue weighted by atomic mass is 35.5. The Hall–Kier alpha value is -2.65. The van der Waals surface area contributed by atoms with Gasteiger partial charge in [-0.3, -0.25) is 4.79 Å². The number of rotatable bonds is 8. The highest BCUT2D eigenvalue weighted by Crippen LogP contribution is 2.51. The van der Waals surface area contributed by atoms with Gasteiger partial charge in [0, 0.05) is 16.4 Å². The minimum atomic E-state index is -0.571. The molecule has 1 fully saturated rings. The number of benzene rings is 2. The van der Waals surface area contributed by atoms with E-state index in [9.17, 15) is 9.90 Å². The normalized spacial score (nSPS) is 17.4. The molecule has 7 nitrogen and oxygen atoms in total. The Balaban J connectivity index is 1.36. The summed E-state index contributed by atoms with van der Waals surface area (Å²) in [6.45, 7) is 2.07. The number of ether oxygens (including phenoxy) is 2. The topological polar surface area (TPSA) is 92.7 Å². The molecule has 0 saturated heterocycles. The van der Waals surface area contributed by atoms with Crippen molar-refractivity contribution in [3.63, 3.8) is 0 Å². The molecule has 172 valence electrons. The molecule has 2 aliphatic rings. The Labute approximate surface area is 200 Å². The SMILES string of the molecule is C[C@@H](CO)NC(c1csc(NC(=O)C2(c3ccc4c(c3)OCO4)CC2)n1)c1ccccc1Cl. The second-order valence-corrected chi connectivity index (χ2v) is 9.65. The first-order chi connectivity index (χ1) is 16.0. The minimum Gasteiger partial charge on any atom is -0.454 e. The monoisotopic (exact) mass is 485 g/mol. The quantitative estimate of drug-likeness (QED) is 0.441. The number of nitrogens with one attached hydrogen (secondary N) is 2. The summed E-state index contributed by atoms with van der Waals surface area (Å²) in [5.41, 5.74) is 1.95. The fourth-order valence-electron chi connectivity index (χ4n) is 4.04. The summed E-state index contributed by atoms with van der Waals surface area (Å²) in [6, 6.07) is 12.8. The molecule has 1 saturated carbocycles. The summed E-state index contributed by atoms with van der Waals surface area (Å²) in [7, 11) is 0. The molecule has 9 heteroatoms. The zero-order chi connectivity index (χ0) is 23.0. The number of carbonyl (C=O) groups excluding carboxylic acids is 1. The summed E-state index contributed by atoms with van der Waals surface area (Å²) in [5.74, 6) is 1.30. The van der Waals surface area contributed by atoms with Crippen molar-refractivity contribution in [2.24, 2.45) is 0 Å². The predicted molar refractivity (Wildman–Crippen MR) is 127 cm³/mol. The van der Waals surface area contributed by atoms with Crippen LogP contribution >= 0.6 is 22.9 Å². The Morgan fingerprint density at radius 1 is 1.24 bits per heavy atom. The van der Waals surface area contributed by atoms with Crippen LogP contribution in [0.1, 0.15) is 42.6 Å². The molecule has 0 spiro atoms. The van der Waals surface area contributed by atoms with E-state index < -0.39 is 5.41 Å². The first-order valence-corrected chi connectivity index (χ1v) is 12.0. The number of fused-ring (bicyclic) bond motifs is 1. The first-order valence-electron chi connectivity index (χ1n) is 10.8. The van der Waals surface area contributed by atoms with E-state index in [4.69, 9.17) is 21.1 Å². The average molecular weight is 486 g/mol. The number of hydrogen-bond acceptors (Lipinski definition) is 7. The third-order valence-corrected chi connectivity index (χ3v) is 7.21. The summed E-state index contributed by atoms with van der Waals surface area (Å²) in [5, 5.41) is 19.0. The Kier molecular flexibility index (Phi) is 6.01. The molecule has 3 N–H and O–H groups in total. The molecule has 2 aromatic carbocycles. The van der Waals surface area contributed by atoms with Crippen molar-refractivity contribution in [3.05, 3.63) is 69.7 Å². The number of anilines is 1. The zero-order valence-electron chi connectivity index (χ0n) is 18.0. The van der Waals surface area contributed by atoms with Crippen LogP contribution in [-0.2, 0) is 10.2 Å².